The summed E-state index contributed by atoms with van der Waals surface area (Å²) in [5.74, 6) is 0.965. The summed E-state index contributed by atoms with van der Waals surface area (Å²) in [5.41, 5.74) is 1.52. The molecule has 1 fully saturated rings. The van der Waals surface area contributed by atoms with E-state index in [0.717, 1.165) is 45.1 Å². The van der Waals surface area contributed by atoms with Gasteiger partial charge in [0, 0.05) is 18.9 Å². The number of allylic oxidation sites excluding steroid dienone is 1. The lowest BCUT2D eigenvalue weighted by atomic mass is 9.97. The molecule has 0 bridgehead atoms. The van der Waals surface area contributed by atoms with Gasteiger partial charge in [0.05, 0.1) is 26.2 Å². The van der Waals surface area contributed by atoms with Crippen LogP contribution in [0.5, 0.6) is 0 Å². The maximum atomic E-state index is 12.1. The quantitative estimate of drug-likeness (QED) is 0.731. The maximum Gasteiger partial charge on any atom is 0.275 e. The van der Waals surface area contributed by atoms with Gasteiger partial charge in [-0.3, -0.25) is 4.79 Å². The number of carbonyl (C=O) groups excluding carboxylic acids is 1. The molecular formula is C18H28N5O+. The van der Waals surface area contributed by atoms with Gasteiger partial charge in [-0.25, -0.2) is 9.97 Å². The first-order chi connectivity index (χ1) is 11.8. The van der Waals surface area contributed by atoms with E-state index in [4.69, 9.17) is 0 Å². The summed E-state index contributed by atoms with van der Waals surface area (Å²) in [6.45, 7) is 5.07. The first-order valence-corrected chi connectivity index (χ1v) is 9.11. The molecule has 1 saturated heterocycles. The van der Waals surface area contributed by atoms with Gasteiger partial charge in [-0.1, -0.05) is 11.6 Å². The highest BCUT2D eigenvalue weighted by Gasteiger charge is 2.23. The molecule has 2 heterocycles. The molecule has 2 N–H and O–H groups in total. The topological polar surface area (TPSA) is 62.6 Å². The minimum absolute atomic E-state index is 0.172. The molecule has 1 aliphatic heterocycles. The van der Waals surface area contributed by atoms with Gasteiger partial charge in [0.1, 0.15) is 0 Å². The van der Waals surface area contributed by atoms with E-state index in [0.29, 0.717) is 6.54 Å². The Morgan fingerprint density at radius 2 is 2.00 bits per heavy atom. The summed E-state index contributed by atoms with van der Waals surface area (Å²) in [5, 5.41) is 3.08. The number of piperazine rings is 1. The van der Waals surface area contributed by atoms with Crippen molar-refractivity contribution in [2.45, 2.75) is 32.1 Å². The highest BCUT2D eigenvalue weighted by atomic mass is 16.2. The fourth-order valence-electron chi connectivity index (χ4n) is 3.44. The molecule has 0 saturated carbocycles. The van der Waals surface area contributed by atoms with Gasteiger partial charge in [-0.2, -0.15) is 0 Å². The van der Waals surface area contributed by atoms with E-state index in [1.54, 1.807) is 12.4 Å². The third-order valence-corrected chi connectivity index (χ3v) is 4.87. The minimum Gasteiger partial charge on any atom is -0.351 e. The number of nitrogens with zero attached hydrogens (tertiary/aromatic N) is 3. The maximum absolute atomic E-state index is 12.1. The van der Waals surface area contributed by atoms with Crippen molar-refractivity contribution in [1.29, 1.82) is 0 Å². The summed E-state index contributed by atoms with van der Waals surface area (Å²) in [6, 6.07) is 1.83. The summed E-state index contributed by atoms with van der Waals surface area (Å²) in [7, 11) is 0. The van der Waals surface area contributed by atoms with Crippen molar-refractivity contribution in [2.24, 2.45) is 0 Å². The Labute approximate surface area is 144 Å². The van der Waals surface area contributed by atoms with Crippen molar-refractivity contribution >= 4 is 11.9 Å². The van der Waals surface area contributed by atoms with Crippen LogP contribution in [0.4, 0.5) is 5.95 Å². The fourth-order valence-corrected chi connectivity index (χ4v) is 3.44. The number of anilines is 1. The van der Waals surface area contributed by atoms with Gasteiger partial charge in [0.25, 0.3) is 5.91 Å². The van der Waals surface area contributed by atoms with Crippen molar-refractivity contribution in [3.63, 3.8) is 0 Å². The Morgan fingerprint density at radius 1 is 1.21 bits per heavy atom. The van der Waals surface area contributed by atoms with Gasteiger partial charge in [-0.15, -0.1) is 0 Å². The van der Waals surface area contributed by atoms with Crippen LogP contribution in [0.2, 0.25) is 0 Å². The Hall–Kier alpha value is -1.95. The van der Waals surface area contributed by atoms with E-state index in [2.05, 4.69) is 26.3 Å². The van der Waals surface area contributed by atoms with Gasteiger partial charge >= 0.3 is 0 Å². The van der Waals surface area contributed by atoms with Crippen LogP contribution in [-0.2, 0) is 4.79 Å². The van der Waals surface area contributed by atoms with E-state index in [1.165, 1.54) is 36.2 Å². The van der Waals surface area contributed by atoms with Crippen molar-refractivity contribution in [3.05, 3.63) is 30.1 Å². The molecule has 1 aliphatic carbocycles. The number of hydrogen-bond donors (Lipinski definition) is 2. The predicted molar refractivity (Wildman–Crippen MR) is 94.0 cm³/mol. The molecule has 6 heteroatoms. The molecule has 1 aromatic heterocycles. The molecule has 0 unspecified atom stereocenters. The zero-order valence-electron chi connectivity index (χ0n) is 14.3. The minimum atomic E-state index is 0.172. The second kappa shape index (κ2) is 8.78. The monoisotopic (exact) mass is 330 g/mol. The van der Waals surface area contributed by atoms with Crippen LogP contribution in [0.15, 0.2) is 30.1 Å². The smallest absolute Gasteiger partial charge is 0.275 e. The average Bonchev–Trinajstić information content (AvgIpc) is 2.64. The van der Waals surface area contributed by atoms with E-state index in [1.807, 2.05) is 6.07 Å². The summed E-state index contributed by atoms with van der Waals surface area (Å²) in [4.78, 5) is 24.2. The zero-order chi connectivity index (χ0) is 16.6. The average molecular weight is 330 g/mol. The van der Waals surface area contributed by atoms with Crippen molar-refractivity contribution in [3.8, 4) is 0 Å². The van der Waals surface area contributed by atoms with E-state index < -0.39 is 0 Å². The van der Waals surface area contributed by atoms with Crippen LogP contribution < -0.4 is 15.1 Å². The molecule has 0 atom stereocenters. The molecule has 6 nitrogen and oxygen atoms in total. The Bertz CT molecular complexity index is 552. The first-order valence-electron chi connectivity index (χ1n) is 9.11. The zero-order valence-corrected chi connectivity index (χ0v) is 14.3. The number of carbonyl (C=O) groups is 1. The van der Waals surface area contributed by atoms with Crippen LogP contribution in [-0.4, -0.2) is 55.1 Å². The molecule has 24 heavy (non-hydrogen) atoms. The molecule has 130 valence electrons. The normalized spacial score (nSPS) is 19.0. The van der Waals surface area contributed by atoms with Crippen LogP contribution in [0.1, 0.15) is 32.1 Å². The second-order valence-corrected chi connectivity index (χ2v) is 6.67. The van der Waals surface area contributed by atoms with Gasteiger partial charge in [0.15, 0.2) is 6.54 Å². The first kappa shape index (κ1) is 16.9. The molecule has 0 aromatic carbocycles. The van der Waals surface area contributed by atoms with Crippen molar-refractivity contribution in [2.75, 3.05) is 44.2 Å². The van der Waals surface area contributed by atoms with Crippen molar-refractivity contribution in [1.82, 2.24) is 15.3 Å². The standard InChI is InChI=1S/C18H27N5O/c24-17(19-10-7-16-5-2-1-3-6-16)15-22-11-13-23(14-12-22)18-20-8-4-9-21-18/h4-5,8-9H,1-3,6-7,10-15H2,(H,19,24)/p+1. The Balaban J connectivity index is 1.33. The summed E-state index contributed by atoms with van der Waals surface area (Å²) >= 11 is 0. The number of hydrogen-bond acceptors (Lipinski definition) is 4. The lowest BCUT2D eigenvalue weighted by molar-refractivity contribution is -0.892. The van der Waals surface area contributed by atoms with Crippen LogP contribution in [0.3, 0.4) is 0 Å². The predicted octanol–water partition coefficient (Wildman–Crippen LogP) is 0.188. The molecule has 0 radical (unpaired) electrons. The van der Waals surface area contributed by atoms with Crippen molar-refractivity contribution < 1.29 is 9.69 Å². The Morgan fingerprint density at radius 3 is 2.71 bits per heavy atom. The Kier molecular flexibility index (Phi) is 6.18. The molecule has 1 amide bonds. The number of aromatic nitrogens is 2. The summed E-state index contributed by atoms with van der Waals surface area (Å²) < 4.78 is 0. The lowest BCUT2D eigenvalue weighted by Crippen LogP contribution is -3.16. The SMILES string of the molecule is O=C(C[NH+]1CCN(c2ncccn2)CC1)NCCC1=CCCCC1. The van der Waals surface area contributed by atoms with E-state index in [9.17, 15) is 4.79 Å². The van der Waals surface area contributed by atoms with E-state index >= 15 is 0 Å². The van der Waals surface area contributed by atoms with Gasteiger partial charge in [-0.05, 0) is 38.2 Å². The largest absolute Gasteiger partial charge is 0.351 e. The molecular weight excluding hydrogens is 302 g/mol. The number of nitrogens with one attached hydrogen (secondary N) is 2. The molecule has 1 aromatic rings. The second-order valence-electron chi connectivity index (χ2n) is 6.67. The van der Waals surface area contributed by atoms with Crippen LogP contribution >= 0.6 is 0 Å². The number of rotatable bonds is 6. The third-order valence-electron chi connectivity index (χ3n) is 4.87. The van der Waals surface area contributed by atoms with Crippen LogP contribution in [0.25, 0.3) is 0 Å². The summed E-state index contributed by atoms with van der Waals surface area (Å²) in [6.07, 6.45) is 12.0. The molecule has 3 rings (SSSR count). The number of quaternary nitrogens is 1. The third kappa shape index (κ3) is 5.03. The number of amides is 1. The van der Waals surface area contributed by atoms with E-state index in [-0.39, 0.29) is 5.91 Å². The highest BCUT2D eigenvalue weighted by molar-refractivity contribution is 5.76. The van der Waals surface area contributed by atoms with Crippen LogP contribution in [0, 0.1) is 0 Å². The highest BCUT2D eigenvalue weighted by Crippen LogP contribution is 2.19. The lowest BCUT2D eigenvalue weighted by Gasteiger charge is -2.31. The van der Waals surface area contributed by atoms with Gasteiger partial charge in [0.2, 0.25) is 5.95 Å². The fraction of sp³-hybridized carbons (Fsp3) is 0.611. The van der Waals surface area contributed by atoms with Gasteiger partial charge < -0.3 is 15.1 Å². The molecule has 2 aliphatic rings. The molecule has 0 spiro atoms.